The molecule has 7 heteroatoms. The van der Waals surface area contributed by atoms with Crippen LogP contribution in [0.4, 0.5) is 8.78 Å². The summed E-state index contributed by atoms with van der Waals surface area (Å²) in [7, 11) is 0. The van der Waals surface area contributed by atoms with Crippen LogP contribution in [0.2, 0.25) is 0 Å². The van der Waals surface area contributed by atoms with Gasteiger partial charge in [-0.05, 0) is 17.7 Å². The minimum absolute atomic E-state index is 0.168. The molecule has 0 radical (unpaired) electrons. The first-order valence-electron chi connectivity index (χ1n) is 6.41. The normalized spacial score (nSPS) is 18.9. The molecular formula is C13H18F2N2O3. The fraction of sp³-hybridized carbons (Fsp3) is 0.538. The van der Waals surface area contributed by atoms with Gasteiger partial charge in [-0.1, -0.05) is 6.07 Å². The zero-order valence-corrected chi connectivity index (χ0v) is 10.9. The van der Waals surface area contributed by atoms with Crippen molar-refractivity contribution >= 4 is 0 Å². The van der Waals surface area contributed by atoms with Crippen LogP contribution in [0.1, 0.15) is 11.6 Å². The van der Waals surface area contributed by atoms with Crippen LogP contribution in [0.15, 0.2) is 18.2 Å². The number of alkyl halides is 2. The smallest absolute Gasteiger partial charge is 0.289 e. The molecule has 0 aromatic heterocycles. The molecule has 0 amide bonds. The maximum atomic E-state index is 14.1. The molecule has 0 bridgehead atoms. The Kier molecular flexibility index (Phi) is 4.42. The second-order valence-corrected chi connectivity index (χ2v) is 4.86. The molecule has 1 fully saturated rings. The van der Waals surface area contributed by atoms with Gasteiger partial charge in [-0.25, -0.2) is 8.78 Å². The molecule has 0 unspecified atom stereocenters. The SMILES string of the molecule is OCC(F)(F)[C@@H](c1ccc(O)c(O)c1)N1CCNCC1. The van der Waals surface area contributed by atoms with E-state index >= 15 is 0 Å². The highest BCUT2D eigenvalue weighted by Gasteiger charge is 2.44. The number of nitrogens with one attached hydrogen (secondary N) is 1. The van der Waals surface area contributed by atoms with Crippen LogP contribution in [0, 0.1) is 0 Å². The minimum Gasteiger partial charge on any atom is -0.504 e. The molecule has 1 aromatic carbocycles. The first-order chi connectivity index (χ1) is 9.45. The number of phenols is 2. The van der Waals surface area contributed by atoms with Crippen LogP contribution < -0.4 is 5.32 Å². The third kappa shape index (κ3) is 3.00. The van der Waals surface area contributed by atoms with Crippen LogP contribution in [0.3, 0.4) is 0 Å². The van der Waals surface area contributed by atoms with Gasteiger partial charge in [0, 0.05) is 26.2 Å². The summed E-state index contributed by atoms with van der Waals surface area (Å²) in [6.07, 6.45) is 0. The number of rotatable bonds is 4. The third-order valence-electron chi connectivity index (χ3n) is 3.44. The zero-order valence-electron chi connectivity index (χ0n) is 10.9. The minimum atomic E-state index is -3.33. The monoisotopic (exact) mass is 288 g/mol. The van der Waals surface area contributed by atoms with E-state index in [1.807, 2.05) is 0 Å². The molecule has 1 saturated heterocycles. The van der Waals surface area contributed by atoms with Crippen LogP contribution in [-0.4, -0.2) is 58.9 Å². The third-order valence-corrected chi connectivity index (χ3v) is 3.44. The molecule has 1 aliphatic rings. The van der Waals surface area contributed by atoms with Gasteiger partial charge in [0.05, 0.1) is 0 Å². The van der Waals surface area contributed by atoms with E-state index in [4.69, 9.17) is 5.11 Å². The molecule has 0 saturated carbocycles. The van der Waals surface area contributed by atoms with E-state index in [1.54, 1.807) is 4.90 Å². The zero-order chi connectivity index (χ0) is 14.8. The highest BCUT2D eigenvalue weighted by Crippen LogP contribution is 2.39. The van der Waals surface area contributed by atoms with Gasteiger partial charge in [-0.15, -0.1) is 0 Å². The second-order valence-electron chi connectivity index (χ2n) is 4.86. The number of benzene rings is 1. The summed E-state index contributed by atoms with van der Waals surface area (Å²) < 4.78 is 28.1. The molecule has 112 valence electrons. The van der Waals surface area contributed by atoms with Crippen molar-refractivity contribution in [2.45, 2.75) is 12.0 Å². The van der Waals surface area contributed by atoms with Crippen molar-refractivity contribution in [3.63, 3.8) is 0 Å². The van der Waals surface area contributed by atoms with Crippen molar-refractivity contribution in [2.24, 2.45) is 0 Å². The predicted molar refractivity (Wildman–Crippen MR) is 69.0 cm³/mol. The summed E-state index contributed by atoms with van der Waals surface area (Å²) in [6.45, 7) is 0.733. The van der Waals surface area contributed by atoms with Crippen molar-refractivity contribution in [3.8, 4) is 11.5 Å². The lowest BCUT2D eigenvalue weighted by atomic mass is 9.97. The Bertz CT molecular complexity index is 465. The Morgan fingerprint density at radius 1 is 1.20 bits per heavy atom. The Balaban J connectivity index is 2.36. The Morgan fingerprint density at radius 2 is 1.85 bits per heavy atom. The van der Waals surface area contributed by atoms with Gasteiger partial charge in [0.25, 0.3) is 5.92 Å². The van der Waals surface area contributed by atoms with E-state index in [0.717, 1.165) is 6.07 Å². The number of phenolic OH excluding ortho intramolecular Hbond substituents is 2. The summed E-state index contributed by atoms with van der Waals surface area (Å²) >= 11 is 0. The standard InChI is InChI=1S/C13H18F2N2O3/c14-13(15,8-18)12(17-5-3-16-4-6-17)9-1-2-10(19)11(20)7-9/h1-2,7,12,16,18-20H,3-6,8H2/t12-/m1/s1. The molecule has 2 rings (SSSR count). The highest BCUT2D eigenvalue weighted by atomic mass is 19.3. The van der Waals surface area contributed by atoms with Gasteiger partial charge < -0.3 is 20.6 Å². The lowest BCUT2D eigenvalue weighted by molar-refractivity contribution is -0.118. The fourth-order valence-corrected chi connectivity index (χ4v) is 2.46. The largest absolute Gasteiger partial charge is 0.504 e. The molecule has 20 heavy (non-hydrogen) atoms. The molecule has 1 heterocycles. The van der Waals surface area contributed by atoms with Crippen molar-refractivity contribution in [2.75, 3.05) is 32.8 Å². The highest BCUT2D eigenvalue weighted by molar-refractivity contribution is 5.42. The Labute approximate surface area is 115 Å². The summed E-state index contributed by atoms with van der Waals surface area (Å²) in [5.74, 6) is -4.14. The van der Waals surface area contributed by atoms with Gasteiger partial charge in [0.15, 0.2) is 11.5 Å². The van der Waals surface area contributed by atoms with E-state index in [9.17, 15) is 19.0 Å². The van der Waals surface area contributed by atoms with Gasteiger partial charge in [0.2, 0.25) is 0 Å². The number of nitrogens with zero attached hydrogens (tertiary/aromatic N) is 1. The molecule has 0 spiro atoms. The summed E-state index contributed by atoms with van der Waals surface area (Å²) in [5, 5.41) is 30.8. The van der Waals surface area contributed by atoms with E-state index in [1.165, 1.54) is 12.1 Å². The second kappa shape index (κ2) is 5.90. The quantitative estimate of drug-likeness (QED) is 0.613. The van der Waals surface area contributed by atoms with Gasteiger partial charge >= 0.3 is 0 Å². The molecular weight excluding hydrogens is 270 g/mol. The van der Waals surface area contributed by atoms with Crippen molar-refractivity contribution < 1.29 is 24.1 Å². The van der Waals surface area contributed by atoms with Crippen molar-refractivity contribution in [1.82, 2.24) is 10.2 Å². The first kappa shape index (κ1) is 15.0. The maximum absolute atomic E-state index is 14.1. The van der Waals surface area contributed by atoms with Crippen LogP contribution in [0.25, 0.3) is 0 Å². The fourth-order valence-electron chi connectivity index (χ4n) is 2.46. The molecule has 4 N–H and O–H groups in total. The van der Waals surface area contributed by atoms with Crippen LogP contribution in [0.5, 0.6) is 11.5 Å². The lowest BCUT2D eigenvalue weighted by Crippen LogP contribution is -2.51. The lowest BCUT2D eigenvalue weighted by Gasteiger charge is -2.38. The van der Waals surface area contributed by atoms with E-state index in [-0.39, 0.29) is 11.3 Å². The topological polar surface area (TPSA) is 76.0 Å². The van der Waals surface area contributed by atoms with E-state index in [2.05, 4.69) is 5.32 Å². The van der Waals surface area contributed by atoms with Crippen molar-refractivity contribution in [1.29, 1.82) is 0 Å². The van der Waals surface area contributed by atoms with Crippen molar-refractivity contribution in [3.05, 3.63) is 23.8 Å². The number of aliphatic hydroxyl groups is 1. The van der Waals surface area contributed by atoms with E-state index < -0.39 is 24.3 Å². The molecule has 1 aromatic rings. The summed E-state index contributed by atoms with van der Waals surface area (Å²) in [4.78, 5) is 1.57. The first-order valence-corrected chi connectivity index (χ1v) is 6.41. The van der Waals surface area contributed by atoms with Crippen LogP contribution >= 0.6 is 0 Å². The molecule has 5 nitrogen and oxygen atoms in total. The summed E-state index contributed by atoms with van der Waals surface area (Å²) in [5.41, 5.74) is 0.168. The number of halogens is 2. The predicted octanol–water partition coefficient (Wildman–Crippen LogP) is 0.672. The molecule has 1 aliphatic heterocycles. The number of piperazine rings is 1. The van der Waals surface area contributed by atoms with Gasteiger partial charge in [0.1, 0.15) is 12.6 Å². The average Bonchev–Trinajstić information content (AvgIpc) is 2.44. The van der Waals surface area contributed by atoms with Gasteiger partial charge in [-0.3, -0.25) is 4.90 Å². The molecule has 0 aliphatic carbocycles. The number of aromatic hydroxyl groups is 2. The summed E-state index contributed by atoms with van der Waals surface area (Å²) in [6, 6.07) is 2.30. The van der Waals surface area contributed by atoms with Crippen LogP contribution in [-0.2, 0) is 0 Å². The van der Waals surface area contributed by atoms with E-state index in [0.29, 0.717) is 26.2 Å². The number of hydrogen-bond acceptors (Lipinski definition) is 5. The number of aliphatic hydroxyl groups excluding tert-OH is 1. The maximum Gasteiger partial charge on any atom is 0.289 e. The number of hydrogen-bond donors (Lipinski definition) is 4. The van der Waals surface area contributed by atoms with Gasteiger partial charge in [-0.2, -0.15) is 0 Å². The molecule has 1 atom stereocenters. The Hall–Kier alpha value is -1.44. The average molecular weight is 288 g/mol. The Morgan fingerprint density at radius 3 is 2.40 bits per heavy atom.